The van der Waals surface area contributed by atoms with Crippen LogP contribution in [0.5, 0.6) is 0 Å². The van der Waals surface area contributed by atoms with Gasteiger partial charge in [0, 0.05) is 18.9 Å². The number of aryl methyl sites for hydroxylation is 1. The van der Waals surface area contributed by atoms with Crippen LogP contribution in [0, 0.1) is 6.92 Å². The monoisotopic (exact) mass is 236 g/mol. The first-order valence-electron chi connectivity index (χ1n) is 5.02. The van der Waals surface area contributed by atoms with Gasteiger partial charge in [0.25, 0.3) is 0 Å². The van der Waals surface area contributed by atoms with Crippen molar-refractivity contribution >= 4 is 11.6 Å². The molecule has 0 radical (unpaired) electrons. The van der Waals surface area contributed by atoms with Gasteiger partial charge in [-0.25, -0.2) is 9.67 Å². The number of hydrogen-bond donors (Lipinski definition) is 1. The predicted molar refractivity (Wildman–Crippen MR) is 63.9 cm³/mol. The van der Waals surface area contributed by atoms with Gasteiger partial charge in [0.2, 0.25) is 0 Å². The first kappa shape index (κ1) is 11.1. The first-order valence-corrected chi connectivity index (χ1v) is 5.40. The second-order valence-electron chi connectivity index (χ2n) is 3.57. The second-order valence-corrected chi connectivity index (χ2v) is 3.97. The molecule has 16 heavy (non-hydrogen) atoms. The topological polar surface area (TPSA) is 42.7 Å². The third-order valence-corrected chi connectivity index (χ3v) is 2.58. The Balaban J connectivity index is 2.39. The summed E-state index contributed by atoms with van der Waals surface area (Å²) in [6.07, 6.45) is 3.54. The maximum Gasteiger partial charge on any atom is 0.153 e. The largest absolute Gasteiger partial charge is 0.316 e. The minimum Gasteiger partial charge on any atom is -0.316 e. The zero-order chi connectivity index (χ0) is 11.5. The van der Waals surface area contributed by atoms with Crippen LogP contribution in [0.1, 0.15) is 11.3 Å². The molecule has 0 aliphatic heterocycles. The third-order valence-electron chi connectivity index (χ3n) is 2.24. The van der Waals surface area contributed by atoms with E-state index in [1.165, 1.54) is 0 Å². The fraction of sp³-hybridized carbons (Fsp3) is 0.273. The van der Waals surface area contributed by atoms with Crippen molar-refractivity contribution in [1.29, 1.82) is 0 Å². The molecule has 2 heterocycles. The minimum atomic E-state index is 0.668. The SMILES string of the molecule is CNCc1cc(-n2ccc(C)n2)ncc1Cl. The van der Waals surface area contributed by atoms with Gasteiger partial charge >= 0.3 is 0 Å². The molecule has 0 bridgehead atoms. The molecule has 84 valence electrons. The van der Waals surface area contributed by atoms with Crippen molar-refractivity contribution in [2.45, 2.75) is 13.5 Å². The van der Waals surface area contributed by atoms with Crippen LogP contribution in [0.25, 0.3) is 5.82 Å². The lowest BCUT2D eigenvalue weighted by Crippen LogP contribution is -2.07. The van der Waals surface area contributed by atoms with Crippen molar-refractivity contribution in [2.24, 2.45) is 0 Å². The molecule has 2 aromatic rings. The number of nitrogens with zero attached hydrogens (tertiary/aromatic N) is 3. The average molecular weight is 237 g/mol. The number of aromatic nitrogens is 3. The fourth-order valence-electron chi connectivity index (χ4n) is 1.46. The van der Waals surface area contributed by atoms with Crippen molar-refractivity contribution in [3.05, 3.63) is 40.8 Å². The molecule has 2 rings (SSSR count). The van der Waals surface area contributed by atoms with Crippen molar-refractivity contribution < 1.29 is 0 Å². The number of hydrogen-bond acceptors (Lipinski definition) is 3. The summed E-state index contributed by atoms with van der Waals surface area (Å²) in [5.41, 5.74) is 1.98. The van der Waals surface area contributed by atoms with Crippen LogP contribution in [-0.4, -0.2) is 21.8 Å². The smallest absolute Gasteiger partial charge is 0.153 e. The molecule has 0 aromatic carbocycles. The quantitative estimate of drug-likeness (QED) is 0.886. The summed E-state index contributed by atoms with van der Waals surface area (Å²) in [7, 11) is 1.88. The molecule has 5 heteroatoms. The number of rotatable bonds is 3. The molecule has 4 nitrogen and oxygen atoms in total. The van der Waals surface area contributed by atoms with Gasteiger partial charge in [-0.15, -0.1) is 0 Å². The molecule has 0 aliphatic rings. The van der Waals surface area contributed by atoms with Crippen LogP contribution in [-0.2, 0) is 6.54 Å². The second kappa shape index (κ2) is 4.63. The summed E-state index contributed by atoms with van der Waals surface area (Å²) in [6, 6.07) is 3.87. The van der Waals surface area contributed by atoms with Crippen molar-refractivity contribution in [2.75, 3.05) is 7.05 Å². The van der Waals surface area contributed by atoms with Crippen LogP contribution in [0.2, 0.25) is 5.02 Å². The highest BCUT2D eigenvalue weighted by Crippen LogP contribution is 2.17. The fourth-order valence-corrected chi connectivity index (χ4v) is 1.63. The average Bonchev–Trinajstić information content (AvgIpc) is 2.69. The molecular weight excluding hydrogens is 224 g/mol. The molecular formula is C11H13ClN4. The van der Waals surface area contributed by atoms with E-state index in [0.717, 1.165) is 17.1 Å². The Morgan fingerprint density at radius 1 is 1.50 bits per heavy atom. The Hall–Kier alpha value is -1.39. The summed E-state index contributed by atoms with van der Waals surface area (Å²) >= 11 is 6.04. The van der Waals surface area contributed by atoms with E-state index >= 15 is 0 Å². The molecule has 0 spiro atoms. The van der Waals surface area contributed by atoms with Crippen LogP contribution in [0.4, 0.5) is 0 Å². The molecule has 2 aromatic heterocycles. The maximum absolute atomic E-state index is 6.04. The Morgan fingerprint density at radius 3 is 2.94 bits per heavy atom. The van der Waals surface area contributed by atoms with Crippen LogP contribution >= 0.6 is 11.6 Å². The minimum absolute atomic E-state index is 0.668. The van der Waals surface area contributed by atoms with E-state index in [0.29, 0.717) is 11.6 Å². The first-order chi connectivity index (χ1) is 7.70. The third kappa shape index (κ3) is 2.23. The van der Waals surface area contributed by atoms with E-state index in [-0.39, 0.29) is 0 Å². The normalized spacial score (nSPS) is 10.7. The standard InChI is InChI=1S/C11H13ClN4/c1-8-3-4-16(15-8)11-5-9(6-13-2)10(12)7-14-11/h3-5,7,13H,6H2,1-2H3. The van der Waals surface area contributed by atoms with Gasteiger partial charge in [-0.3, -0.25) is 0 Å². The highest BCUT2D eigenvalue weighted by molar-refractivity contribution is 6.31. The van der Waals surface area contributed by atoms with Crippen molar-refractivity contribution in [3.63, 3.8) is 0 Å². The molecule has 0 fully saturated rings. The number of pyridine rings is 1. The predicted octanol–water partition coefficient (Wildman–Crippen LogP) is 1.95. The van der Waals surface area contributed by atoms with Crippen molar-refractivity contribution in [3.8, 4) is 5.82 Å². The van der Waals surface area contributed by atoms with E-state index in [2.05, 4.69) is 15.4 Å². The Labute approximate surface area is 99.3 Å². The van der Waals surface area contributed by atoms with Crippen LogP contribution in [0.3, 0.4) is 0 Å². The molecule has 1 N–H and O–H groups in total. The van der Waals surface area contributed by atoms with Gasteiger partial charge < -0.3 is 5.32 Å². The highest BCUT2D eigenvalue weighted by Gasteiger charge is 2.05. The van der Waals surface area contributed by atoms with E-state index < -0.39 is 0 Å². The zero-order valence-electron chi connectivity index (χ0n) is 9.24. The molecule has 0 saturated carbocycles. The van der Waals surface area contributed by atoms with Crippen LogP contribution in [0.15, 0.2) is 24.5 Å². The maximum atomic E-state index is 6.04. The molecule has 0 unspecified atom stereocenters. The Morgan fingerprint density at radius 2 is 2.31 bits per heavy atom. The van der Waals surface area contributed by atoms with Crippen LogP contribution < -0.4 is 5.32 Å². The molecule has 0 saturated heterocycles. The zero-order valence-corrected chi connectivity index (χ0v) is 9.99. The Kier molecular flexibility index (Phi) is 3.22. The van der Waals surface area contributed by atoms with Gasteiger partial charge in [-0.2, -0.15) is 5.10 Å². The summed E-state index contributed by atoms with van der Waals surface area (Å²) in [6.45, 7) is 2.66. The van der Waals surface area contributed by atoms with Gasteiger partial charge in [0.15, 0.2) is 5.82 Å². The van der Waals surface area contributed by atoms with Gasteiger partial charge in [-0.05, 0) is 31.7 Å². The van der Waals surface area contributed by atoms with Gasteiger partial charge in [-0.1, -0.05) is 11.6 Å². The van der Waals surface area contributed by atoms with Gasteiger partial charge in [0.1, 0.15) is 0 Å². The van der Waals surface area contributed by atoms with E-state index in [1.807, 2.05) is 32.3 Å². The van der Waals surface area contributed by atoms with Gasteiger partial charge in [0.05, 0.1) is 10.7 Å². The van der Waals surface area contributed by atoms with E-state index in [4.69, 9.17) is 11.6 Å². The van der Waals surface area contributed by atoms with E-state index in [1.54, 1.807) is 10.9 Å². The Bertz CT molecular complexity index is 492. The summed E-state index contributed by atoms with van der Waals surface area (Å²) in [5, 5.41) is 8.04. The molecule has 0 atom stereocenters. The summed E-state index contributed by atoms with van der Waals surface area (Å²) in [5.74, 6) is 0.780. The summed E-state index contributed by atoms with van der Waals surface area (Å²) < 4.78 is 1.74. The lowest BCUT2D eigenvalue weighted by Gasteiger charge is -2.06. The summed E-state index contributed by atoms with van der Waals surface area (Å²) in [4.78, 5) is 4.25. The number of nitrogens with one attached hydrogen (secondary N) is 1. The lowest BCUT2D eigenvalue weighted by molar-refractivity contribution is 0.797. The van der Waals surface area contributed by atoms with Crippen molar-refractivity contribution in [1.82, 2.24) is 20.1 Å². The number of halogens is 1. The van der Waals surface area contributed by atoms with E-state index in [9.17, 15) is 0 Å². The highest BCUT2D eigenvalue weighted by atomic mass is 35.5. The molecule has 0 aliphatic carbocycles. The lowest BCUT2D eigenvalue weighted by atomic mass is 10.2. The molecule has 0 amide bonds.